The van der Waals surface area contributed by atoms with Crippen molar-refractivity contribution < 1.29 is 4.74 Å². The largest absolute Gasteiger partial charge is 0.382 e. The molecule has 12 heavy (non-hydrogen) atoms. The topological polar surface area (TPSA) is 9.23 Å². The summed E-state index contributed by atoms with van der Waals surface area (Å²) in [5.41, 5.74) is 0.728. The van der Waals surface area contributed by atoms with Crippen LogP contribution < -0.4 is 0 Å². The predicted molar refractivity (Wildman–Crippen MR) is 54.3 cm³/mol. The van der Waals surface area contributed by atoms with Gasteiger partial charge in [0.05, 0.1) is 0 Å². The normalized spacial score (nSPS) is 13.5. The Hall–Kier alpha value is -0.0400. The molecule has 0 spiro atoms. The molecule has 0 aromatic heterocycles. The summed E-state index contributed by atoms with van der Waals surface area (Å²) in [4.78, 5) is 0. The SMILES string of the molecule is CCOCCC(C)(C)C(C)(C)C. The third kappa shape index (κ3) is 3.57. The van der Waals surface area contributed by atoms with Crippen molar-refractivity contribution in [2.45, 2.75) is 48.0 Å². The van der Waals surface area contributed by atoms with Gasteiger partial charge >= 0.3 is 0 Å². The third-order valence-corrected chi connectivity index (χ3v) is 3.11. The summed E-state index contributed by atoms with van der Waals surface area (Å²) in [6.45, 7) is 15.3. The zero-order valence-electron chi connectivity index (χ0n) is 9.53. The Bertz CT molecular complexity index is 119. The van der Waals surface area contributed by atoms with Gasteiger partial charge in [-0.25, -0.2) is 0 Å². The van der Waals surface area contributed by atoms with E-state index < -0.39 is 0 Å². The molecular formula is C11H24O. The third-order valence-electron chi connectivity index (χ3n) is 3.11. The van der Waals surface area contributed by atoms with Crippen molar-refractivity contribution in [3.63, 3.8) is 0 Å². The van der Waals surface area contributed by atoms with E-state index in [1.807, 2.05) is 6.92 Å². The van der Waals surface area contributed by atoms with Crippen LogP contribution in [0.25, 0.3) is 0 Å². The fraction of sp³-hybridized carbons (Fsp3) is 1.00. The average molecular weight is 172 g/mol. The van der Waals surface area contributed by atoms with Gasteiger partial charge in [0, 0.05) is 13.2 Å². The van der Waals surface area contributed by atoms with Crippen molar-refractivity contribution in [1.29, 1.82) is 0 Å². The maximum atomic E-state index is 5.36. The molecular weight excluding hydrogens is 148 g/mol. The van der Waals surface area contributed by atoms with Crippen molar-refractivity contribution in [2.75, 3.05) is 13.2 Å². The van der Waals surface area contributed by atoms with Gasteiger partial charge in [-0.2, -0.15) is 0 Å². The molecule has 0 bridgehead atoms. The zero-order valence-corrected chi connectivity index (χ0v) is 9.53. The molecule has 0 N–H and O–H groups in total. The highest BCUT2D eigenvalue weighted by Crippen LogP contribution is 2.40. The Balaban J connectivity index is 3.88. The van der Waals surface area contributed by atoms with E-state index in [2.05, 4.69) is 34.6 Å². The number of rotatable bonds is 4. The van der Waals surface area contributed by atoms with E-state index in [-0.39, 0.29) is 0 Å². The Morgan fingerprint density at radius 2 is 1.50 bits per heavy atom. The molecule has 0 amide bonds. The van der Waals surface area contributed by atoms with Crippen LogP contribution in [0.4, 0.5) is 0 Å². The predicted octanol–water partition coefficient (Wildman–Crippen LogP) is 3.49. The van der Waals surface area contributed by atoms with Gasteiger partial charge in [-0.3, -0.25) is 0 Å². The molecule has 0 heterocycles. The average Bonchev–Trinajstić information content (AvgIpc) is 1.85. The lowest BCUT2D eigenvalue weighted by Gasteiger charge is -2.38. The minimum absolute atomic E-state index is 0.363. The molecule has 0 aromatic carbocycles. The second kappa shape index (κ2) is 4.27. The van der Waals surface area contributed by atoms with E-state index in [4.69, 9.17) is 4.74 Å². The Labute approximate surface area is 77.5 Å². The highest BCUT2D eigenvalue weighted by Gasteiger charge is 2.31. The first-order valence-corrected chi connectivity index (χ1v) is 4.89. The van der Waals surface area contributed by atoms with E-state index in [1.54, 1.807) is 0 Å². The summed E-state index contributed by atoms with van der Waals surface area (Å²) >= 11 is 0. The molecule has 0 aliphatic heterocycles. The van der Waals surface area contributed by atoms with Gasteiger partial charge in [0.25, 0.3) is 0 Å². The van der Waals surface area contributed by atoms with Crippen LogP contribution in [0.3, 0.4) is 0 Å². The van der Waals surface area contributed by atoms with Crippen LogP contribution >= 0.6 is 0 Å². The number of ether oxygens (including phenoxy) is 1. The molecule has 0 aromatic rings. The molecule has 0 rings (SSSR count). The van der Waals surface area contributed by atoms with Crippen molar-refractivity contribution >= 4 is 0 Å². The van der Waals surface area contributed by atoms with Gasteiger partial charge < -0.3 is 4.74 Å². The fourth-order valence-corrected chi connectivity index (χ4v) is 0.847. The van der Waals surface area contributed by atoms with Gasteiger partial charge in [0.2, 0.25) is 0 Å². The van der Waals surface area contributed by atoms with Gasteiger partial charge in [0.15, 0.2) is 0 Å². The number of hydrogen-bond donors (Lipinski definition) is 0. The van der Waals surface area contributed by atoms with Crippen molar-refractivity contribution in [3.05, 3.63) is 0 Å². The van der Waals surface area contributed by atoms with E-state index >= 15 is 0 Å². The van der Waals surface area contributed by atoms with Crippen molar-refractivity contribution in [1.82, 2.24) is 0 Å². The summed E-state index contributed by atoms with van der Waals surface area (Å²) in [5.74, 6) is 0. The second-order valence-corrected chi connectivity index (χ2v) is 5.08. The molecule has 0 fully saturated rings. The van der Waals surface area contributed by atoms with E-state index in [9.17, 15) is 0 Å². The lowest BCUT2D eigenvalue weighted by Crippen LogP contribution is -2.30. The molecule has 0 atom stereocenters. The zero-order chi connectivity index (χ0) is 9.83. The van der Waals surface area contributed by atoms with Gasteiger partial charge in [-0.05, 0) is 24.2 Å². The van der Waals surface area contributed by atoms with Crippen LogP contribution in [0.1, 0.15) is 48.0 Å². The Kier molecular flexibility index (Phi) is 4.25. The van der Waals surface area contributed by atoms with Crippen molar-refractivity contribution in [3.8, 4) is 0 Å². The molecule has 0 saturated heterocycles. The molecule has 74 valence electrons. The van der Waals surface area contributed by atoms with Crippen LogP contribution in [0.15, 0.2) is 0 Å². The van der Waals surface area contributed by atoms with Crippen LogP contribution in [0.2, 0.25) is 0 Å². The molecule has 0 radical (unpaired) electrons. The van der Waals surface area contributed by atoms with Gasteiger partial charge in [0.1, 0.15) is 0 Å². The monoisotopic (exact) mass is 172 g/mol. The summed E-state index contributed by atoms with van der Waals surface area (Å²) in [6, 6.07) is 0. The minimum atomic E-state index is 0.363. The van der Waals surface area contributed by atoms with Gasteiger partial charge in [-0.15, -0.1) is 0 Å². The number of hydrogen-bond acceptors (Lipinski definition) is 1. The van der Waals surface area contributed by atoms with E-state index in [0.717, 1.165) is 19.6 Å². The molecule has 1 nitrogen and oxygen atoms in total. The molecule has 0 aliphatic rings. The summed E-state index contributed by atoms with van der Waals surface area (Å²) in [7, 11) is 0. The van der Waals surface area contributed by atoms with Crippen LogP contribution in [0, 0.1) is 10.8 Å². The highest BCUT2D eigenvalue weighted by molar-refractivity contribution is 4.81. The maximum absolute atomic E-state index is 5.36. The first-order valence-electron chi connectivity index (χ1n) is 4.89. The van der Waals surface area contributed by atoms with Crippen LogP contribution in [-0.2, 0) is 4.74 Å². The Morgan fingerprint density at radius 1 is 1.00 bits per heavy atom. The highest BCUT2D eigenvalue weighted by atomic mass is 16.5. The summed E-state index contributed by atoms with van der Waals surface area (Å²) < 4.78 is 5.36. The minimum Gasteiger partial charge on any atom is -0.382 e. The van der Waals surface area contributed by atoms with Crippen LogP contribution in [0.5, 0.6) is 0 Å². The summed E-state index contributed by atoms with van der Waals surface area (Å²) in [5, 5.41) is 0. The smallest absolute Gasteiger partial charge is 0.0471 e. The molecule has 0 unspecified atom stereocenters. The van der Waals surface area contributed by atoms with Crippen molar-refractivity contribution in [2.24, 2.45) is 10.8 Å². The maximum Gasteiger partial charge on any atom is 0.0471 e. The van der Waals surface area contributed by atoms with E-state index in [1.165, 1.54) is 0 Å². The van der Waals surface area contributed by atoms with Crippen LogP contribution in [-0.4, -0.2) is 13.2 Å². The standard InChI is InChI=1S/C11H24O/c1-7-12-9-8-11(5,6)10(2,3)4/h7-9H2,1-6H3. The van der Waals surface area contributed by atoms with Gasteiger partial charge in [-0.1, -0.05) is 34.6 Å². The Morgan fingerprint density at radius 3 is 1.83 bits per heavy atom. The first-order chi connectivity index (χ1) is 5.31. The lowest BCUT2D eigenvalue weighted by molar-refractivity contribution is 0.0578. The second-order valence-electron chi connectivity index (χ2n) is 5.08. The quantitative estimate of drug-likeness (QED) is 0.590. The summed E-state index contributed by atoms with van der Waals surface area (Å²) in [6.07, 6.45) is 1.14. The first kappa shape index (κ1) is 12.0. The molecule has 1 heteroatoms. The van der Waals surface area contributed by atoms with E-state index in [0.29, 0.717) is 10.8 Å². The molecule has 0 aliphatic carbocycles. The molecule has 0 saturated carbocycles. The fourth-order valence-electron chi connectivity index (χ4n) is 0.847. The lowest BCUT2D eigenvalue weighted by atomic mass is 9.67.